The number of alkyl halides is 3. The highest BCUT2D eigenvalue weighted by Gasteiger charge is 2.35. The molecule has 6 nitrogen and oxygen atoms in total. The first-order chi connectivity index (χ1) is 12.8. The molecule has 27 heavy (non-hydrogen) atoms. The number of aliphatic hydroxyl groups is 1. The van der Waals surface area contributed by atoms with Gasteiger partial charge in [0.2, 0.25) is 5.95 Å². The second-order valence-electron chi connectivity index (χ2n) is 5.66. The van der Waals surface area contributed by atoms with Gasteiger partial charge >= 0.3 is 6.18 Å². The SMILES string of the molecule is CNc1nc(N)nc2cc(-c3c(OCCO)cccc3C(F)(F)F)ccc12. The summed E-state index contributed by atoms with van der Waals surface area (Å²) in [5.41, 5.74) is 5.39. The maximum Gasteiger partial charge on any atom is 0.417 e. The molecule has 0 amide bonds. The smallest absolute Gasteiger partial charge is 0.417 e. The fourth-order valence-corrected chi connectivity index (χ4v) is 2.83. The molecule has 0 atom stereocenters. The molecule has 1 aromatic heterocycles. The molecule has 0 bridgehead atoms. The molecule has 1 heterocycles. The number of nitrogens with zero attached hydrogens (tertiary/aromatic N) is 2. The minimum Gasteiger partial charge on any atom is -0.491 e. The topological polar surface area (TPSA) is 93.3 Å². The number of benzene rings is 2. The molecule has 0 fully saturated rings. The van der Waals surface area contributed by atoms with Crippen LogP contribution in [0.4, 0.5) is 24.9 Å². The van der Waals surface area contributed by atoms with Crippen molar-refractivity contribution < 1.29 is 23.0 Å². The summed E-state index contributed by atoms with van der Waals surface area (Å²) in [7, 11) is 1.66. The Morgan fingerprint density at radius 3 is 2.63 bits per heavy atom. The van der Waals surface area contributed by atoms with E-state index >= 15 is 0 Å². The molecule has 0 aliphatic heterocycles. The van der Waals surface area contributed by atoms with Crippen molar-refractivity contribution in [3.05, 3.63) is 42.0 Å². The van der Waals surface area contributed by atoms with Crippen molar-refractivity contribution in [3.63, 3.8) is 0 Å². The van der Waals surface area contributed by atoms with Crippen LogP contribution in [0.15, 0.2) is 36.4 Å². The highest BCUT2D eigenvalue weighted by atomic mass is 19.4. The maximum atomic E-state index is 13.6. The standard InChI is InChI=1S/C18H17F3N4O2/c1-23-16-11-6-5-10(9-13(11)24-17(22)25-16)15-12(18(19,20)21)3-2-4-14(15)27-8-7-26/h2-6,9,26H,7-8H2,1H3,(H3,22,23,24,25). The number of fused-ring (bicyclic) bond motifs is 1. The van der Waals surface area contributed by atoms with Crippen LogP contribution in [0.1, 0.15) is 5.56 Å². The molecular weight excluding hydrogens is 361 g/mol. The van der Waals surface area contributed by atoms with Crippen molar-refractivity contribution in [3.8, 4) is 16.9 Å². The Kier molecular flexibility index (Phi) is 5.04. The zero-order chi connectivity index (χ0) is 19.6. The summed E-state index contributed by atoms with van der Waals surface area (Å²) < 4.78 is 46.1. The molecule has 0 unspecified atom stereocenters. The van der Waals surface area contributed by atoms with E-state index in [0.29, 0.717) is 16.7 Å². The second kappa shape index (κ2) is 7.28. The number of aromatic nitrogens is 2. The van der Waals surface area contributed by atoms with Crippen LogP contribution in [0.3, 0.4) is 0 Å². The van der Waals surface area contributed by atoms with Crippen LogP contribution in [-0.4, -0.2) is 35.3 Å². The minimum absolute atomic E-state index is 0.00450. The second-order valence-corrected chi connectivity index (χ2v) is 5.66. The number of hydrogen-bond acceptors (Lipinski definition) is 6. The normalized spacial score (nSPS) is 11.6. The zero-order valence-electron chi connectivity index (χ0n) is 14.3. The van der Waals surface area contributed by atoms with Gasteiger partial charge in [-0.1, -0.05) is 12.1 Å². The highest BCUT2D eigenvalue weighted by Crippen LogP contribution is 2.43. The van der Waals surface area contributed by atoms with Gasteiger partial charge in [-0.3, -0.25) is 0 Å². The summed E-state index contributed by atoms with van der Waals surface area (Å²) in [4.78, 5) is 8.18. The van der Waals surface area contributed by atoms with E-state index in [0.717, 1.165) is 6.07 Å². The number of anilines is 2. The van der Waals surface area contributed by atoms with Gasteiger partial charge in [0, 0.05) is 18.0 Å². The third-order valence-corrected chi connectivity index (χ3v) is 3.92. The van der Waals surface area contributed by atoms with E-state index in [9.17, 15) is 13.2 Å². The lowest BCUT2D eigenvalue weighted by atomic mass is 9.97. The van der Waals surface area contributed by atoms with Crippen LogP contribution >= 0.6 is 0 Å². The Bertz CT molecular complexity index is 977. The molecule has 0 aliphatic carbocycles. The van der Waals surface area contributed by atoms with Gasteiger partial charge in [0.15, 0.2) is 0 Å². The van der Waals surface area contributed by atoms with Gasteiger partial charge in [0.25, 0.3) is 0 Å². The number of aliphatic hydroxyl groups excluding tert-OH is 1. The van der Waals surface area contributed by atoms with Gasteiger partial charge in [-0.25, -0.2) is 4.98 Å². The molecule has 0 saturated heterocycles. The predicted molar refractivity (Wildman–Crippen MR) is 96.5 cm³/mol. The maximum absolute atomic E-state index is 13.6. The van der Waals surface area contributed by atoms with E-state index in [-0.39, 0.29) is 36.0 Å². The van der Waals surface area contributed by atoms with Gasteiger partial charge in [0.1, 0.15) is 18.2 Å². The third kappa shape index (κ3) is 3.72. The largest absolute Gasteiger partial charge is 0.491 e. The van der Waals surface area contributed by atoms with Gasteiger partial charge in [0.05, 0.1) is 17.7 Å². The minimum atomic E-state index is -4.58. The highest BCUT2D eigenvalue weighted by molar-refractivity contribution is 5.93. The Labute approximate surface area is 152 Å². The van der Waals surface area contributed by atoms with Gasteiger partial charge in [-0.15, -0.1) is 0 Å². The number of nitrogen functional groups attached to an aromatic ring is 1. The Morgan fingerprint density at radius 1 is 1.19 bits per heavy atom. The summed E-state index contributed by atoms with van der Waals surface area (Å²) in [5, 5.41) is 12.5. The van der Waals surface area contributed by atoms with Crippen LogP contribution in [-0.2, 0) is 6.18 Å². The molecular formula is C18H17F3N4O2. The molecule has 2 aromatic carbocycles. The van der Waals surface area contributed by atoms with E-state index in [1.165, 1.54) is 18.2 Å². The molecule has 142 valence electrons. The molecule has 0 spiro atoms. The Balaban J connectivity index is 2.25. The van der Waals surface area contributed by atoms with Crippen LogP contribution < -0.4 is 15.8 Å². The van der Waals surface area contributed by atoms with Crippen LogP contribution in [0, 0.1) is 0 Å². The summed E-state index contributed by atoms with van der Waals surface area (Å²) in [6.45, 7) is -0.441. The van der Waals surface area contributed by atoms with E-state index in [4.69, 9.17) is 15.6 Å². The van der Waals surface area contributed by atoms with Crippen molar-refractivity contribution in [2.24, 2.45) is 0 Å². The average molecular weight is 378 g/mol. The van der Waals surface area contributed by atoms with Gasteiger partial charge < -0.3 is 20.9 Å². The first kappa shape index (κ1) is 18.7. The third-order valence-electron chi connectivity index (χ3n) is 3.92. The molecule has 9 heteroatoms. The number of ether oxygens (including phenoxy) is 1. The van der Waals surface area contributed by atoms with Crippen molar-refractivity contribution in [2.45, 2.75) is 6.18 Å². The van der Waals surface area contributed by atoms with E-state index < -0.39 is 11.7 Å². The van der Waals surface area contributed by atoms with E-state index in [1.807, 2.05) is 0 Å². The molecule has 3 aromatic rings. The lowest BCUT2D eigenvalue weighted by molar-refractivity contribution is -0.137. The number of nitrogens with two attached hydrogens (primary N) is 1. The van der Waals surface area contributed by atoms with Gasteiger partial charge in [-0.2, -0.15) is 18.2 Å². The monoisotopic (exact) mass is 378 g/mol. The van der Waals surface area contributed by atoms with Crippen molar-refractivity contribution in [1.29, 1.82) is 0 Å². The molecule has 3 rings (SSSR count). The van der Waals surface area contributed by atoms with Crippen molar-refractivity contribution in [1.82, 2.24) is 9.97 Å². The van der Waals surface area contributed by atoms with E-state index in [1.54, 1.807) is 19.2 Å². The Morgan fingerprint density at radius 2 is 1.96 bits per heavy atom. The summed E-state index contributed by atoms with van der Waals surface area (Å²) >= 11 is 0. The lowest BCUT2D eigenvalue weighted by Crippen LogP contribution is -2.10. The van der Waals surface area contributed by atoms with Crippen LogP contribution in [0.2, 0.25) is 0 Å². The molecule has 0 saturated carbocycles. The zero-order valence-corrected chi connectivity index (χ0v) is 14.3. The summed E-state index contributed by atoms with van der Waals surface area (Å²) in [6.07, 6.45) is -4.58. The fourth-order valence-electron chi connectivity index (χ4n) is 2.83. The van der Waals surface area contributed by atoms with Crippen molar-refractivity contribution in [2.75, 3.05) is 31.3 Å². The first-order valence-corrected chi connectivity index (χ1v) is 8.04. The lowest BCUT2D eigenvalue weighted by Gasteiger charge is -2.18. The molecule has 0 radical (unpaired) electrons. The number of rotatable bonds is 5. The molecule has 0 aliphatic rings. The Hall–Kier alpha value is -3.07. The predicted octanol–water partition coefficient (Wildman–Crippen LogP) is 3.31. The summed E-state index contributed by atoms with van der Waals surface area (Å²) in [6, 6.07) is 8.35. The van der Waals surface area contributed by atoms with Crippen molar-refractivity contribution >= 4 is 22.7 Å². The van der Waals surface area contributed by atoms with E-state index in [2.05, 4.69) is 15.3 Å². The average Bonchev–Trinajstić information content (AvgIpc) is 2.64. The number of nitrogens with one attached hydrogen (secondary N) is 1. The number of halogens is 3. The quantitative estimate of drug-likeness (QED) is 0.631. The van der Waals surface area contributed by atoms with Gasteiger partial charge in [-0.05, 0) is 29.8 Å². The van der Waals surface area contributed by atoms with Crippen LogP contribution in [0.25, 0.3) is 22.0 Å². The number of hydrogen-bond donors (Lipinski definition) is 3. The fraction of sp³-hybridized carbons (Fsp3) is 0.222. The first-order valence-electron chi connectivity index (χ1n) is 8.04. The summed E-state index contributed by atoms with van der Waals surface area (Å²) in [5.74, 6) is 0.504. The van der Waals surface area contributed by atoms with Crippen LogP contribution in [0.5, 0.6) is 5.75 Å². The molecule has 4 N–H and O–H groups in total.